The lowest BCUT2D eigenvalue weighted by Gasteiger charge is -2.47. The molecule has 0 saturated carbocycles. The van der Waals surface area contributed by atoms with Gasteiger partial charge in [0.15, 0.2) is 0 Å². The van der Waals surface area contributed by atoms with Gasteiger partial charge in [0, 0.05) is 43.9 Å². The van der Waals surface area contributed by atoms with Crippen molar-refractivity contribution < 1.29 is 22.3 Å². The number of piperidine rings is 1. The van der Waals surface area contributed by atoms with Crippen LogP contribution in [0.4, 0.5) is 14.5 Å². The van der Waals surface area contributed by atoms with Gasteiger partial charge in [0.25, 0.3) is 0 Å². The fraction of sp³-hybridized carbons (Fsp3) is 0.333. The molecule has 2 heterocycles. The summed E-state index contributed by atoms with van der Waals surface area (Å²) in [7, 11) is -2.21. The van der Waals surface area contributed by atoms with Gasteiger partial charge in [-0.2, -0.15) is 12.7 Å². The molecule has 190 valence electrons. The predicted octanol–water partition coefficient (Wildman–Crippen LogP) is 4.76. The van der Waals surface area contributed by atoms with Gasteiger partial charge in [0.2, 0.25) is 0 Å². The quantitative estimate of drug-likeness (QED) is 0.547. The average Bonchev–Trinajstić information content (AvgIpc) is 3.01. The van der Waals surface area contributed by atoms with Crippen molar-refractivity contribution in [1.82, 2.24) is 9.21 Å². The number of nitrogens with zero attached hydrogens (tertiary/aromatic N) is 3. The third-order valence-electron chi connectivity index (χ3n) is 7.39. The topological polar surface area (TPSA) is 64.1 Å². The molecule has 2 aliphatic heterocycles. The molecule has 3 aromatic rings. The maximum absolute atomic E-state index is 14.4. The summed E-state index contributed by atoms with van der Waals surface area (Å²) >= 11 is 0. The first-order chi connectivity index (χ1) is 17.1. The molecule has 2 fully saturated rings. The summed E-state index contributed by atoms with van der Waals surface area (Å²) < 4.78 is 57.7. The van der Waals surface area contributed by atoms with E-state index in [1.54, 1.807) is 43.4 Å². The van der Waals surface area contributed by atoms with Crippen LogP contribution in [0.3, 0.4) is 0 Å². The molecular weight excluding hydrogens is 484 g/mol. The summed E-state index contributed by atoms with van der Waals surface area (Å²) in [5.74, 6) is -0.863. The molecule has 0 amide bonds. The zero-order chi connectivity index (χ0) is 25.7. The summed E-state index contributed by atoms with van der Waals surface area (Å²) in [6.07, 6.45) is 1.15. The summed E-state index contributed by atoms with van der Waals surface area (Å²) in [6, 6.07) is 17.3. The number of hydrogen-bond donors (Lipinski definition) is 1. The highest BCUT2D eigenvalue weighted by Gasteiger charge is 2.55. The number of likely N-dealkylation sites (tertiary alicyclic amines) is 1. The van der Waals surface area contributed by atoms with E-state index in [2.05, 4.69) is 11.8 Å². The molecule has 9 heteroatoms. The van der Waals surface area contributed by atoms with Crippen molar-refractivity contribution in [1.29, 1.82) is 0 Å². The number of hydrogen-bond acceptors (Lipinski definition) is 4. The second kappa shape index (κ2) is 9.14. The Bertz CT molecular complexity index is 1400. The van der Waals surface area contributed by atoms with Gasteiger partial charge in [0.05, 0.1) is 11.2 Å². The second-order valence-electron chi connectivity index (χ2n) is 9.84. The first-order valence-corrected chi connectivity index (χ1v) is 13.3. The van der Waals surface area contributed by atoms with Crippen LogP contribution < -0.4 is 4.31 Å². The molecule has 1 spiro atoms. The van der Waals surface area contributed by atoms with Crippen LogP contribution in [-0.4, -0.2) is 54.4 Å². The number of aromatic hydroxyl groups is 1. The Morgan fingerprint density at radius 3 is 2.53 bits per heavy atom. The Labute approximate surface area is 210 Å². The van der Waals surface area contributed by atoms with Crippen LogP contribution in [0.15, 0.2) is 66.7 Å². The smallest absolute Gasteiger partial charge is 0.304 e. The van der Waals surface area contributed by atoms with Crippen molar-refractivity contribution in [2.45, 2.75) is 37.9 Å². The zero-order valence-corrected chi connectivity index (χ0v) is 21.0. The molecule has 0 aromatic heterocycles. The van der Waals surface area contributed by atoms with E-state index in [0.29, 0.717) is 49.3 Å². The Morgan fingerprint density at radius 2 is 1.81 bits per heavy atom. The Kier molecular flexibility index (Phi) is 6.26. The zero-order valence-electron chi connectivity index (χ0n) is 20.2. The van der Waals surface area contributed by atoms with E-state index in [0.717, 1.165) is 5.56 Å². The first kappa shape index (κ1) is 24.7. The molecule has 36 heavy (non-hydrogen) atoms. The summed E-state index contributed by atoms with van der Waals surface area (Å²) in [6.45, 7) is 3.60. The van der Waals surface area contributed by atoms with E-state index in [4.69, 9.17) is 0 Å². The molecule has 3 aromatic carbocycles. The van der Waals surface area contributed by atoms with Crippen molar-refractivity contribution in [3.05, 3.63) is 83.9 Å². The predicted molar refractivity (Wildman–Crippen MR) is 136 cm³/mol. The maximum Gasteiger partial charge on any atom is 0.304 e. The van der Waals surface area contributed by atoms with Crippen LogP contribution in [0.5, 0.6) is 5.75 Å². The molecule has 0 radical (unpaired) electrons. The van der Waals surface area contributed by atoms with E-state index < -0.39 is 27.4 Å². The highest BCUT2D eigenvalue weighted by molar-refractivity contribution is 7.90. The molecule has 2 atom stereocenters. The van der Waals surface area contributed by atoms with Gasteiger partial charge in [-0.15, -0.1) is 0 Å². The van der Waals surface area contributed by atoms with Gasteiger partial charge < -0.3 is 5.11 Å². The maximum atomic E-state index is 14.4. The lowest BCUT2D eigenvalue weighted by Crippen LogP contribution is -2.57. The van der Waals surface area contributed by atoms with Crippen LogP contribution in [-0.2, 0) is 16.8 Å². The van der Waals surface area contributed by atoms with E-state index in [1.165, 1.54) is 32.9 Å². The number of rotatable bonds is 4. The number of benzene rings is 3. The molecule has 2 unspecified atom stereocenters. The van der Waals surface area contributed by atoms with Crippen molar-refractivity contribution in [2.24, 2.45) is 0 Å². The van der Waals surface area contributed by atoms with Gasteiger partial charge in [-0.25, -0.2) is 8.78 Å². The van der Waals surface area contributed by atoms with Crippen LogP contribution in [0.25, 0.3) is 11.1 Å². The molecule has 6 nitrogen and oxygen atoms in total. The van der Waals surface area contributed by atoms with Crippen LogP contribution in [0.2, 0.25) is 0 Å². The Balaban J connectivity index is 1.40. The van der Waals surface area contributed by atoms with Crippen LogP contribution in [0, 0.1) is 11.6 Å². The van der Waals surface area contributed by atoms with Crippen LogP contribution in [0.1, 0.15) is 25.3 Å². The lowest BCUT2D eigenvalue weighted by molar-refractivity contribution is 0.100. The molecule has 5 rings (SSSR count). The van der Waals surface area contributed by atoms with Crippen molar-refractivity contribution in [2.75, 3.05) is 24.4 Å². The minimum Gasteiger partial charge on any atom is -0.507 e. The molecule has 2 saturated heterocycles. The van der Waals surface area contributed by atoms with Crippen molar-refractivity contribution >= 4 is 15.9 Å². The van der Waals surface area contributed by atoms with Crippen molar-refractivity contribution in [3.8, 4) is 16.9 Å². The number of phenolic OH excluding ortho intramolecular Hbond substituents is 1. The second-order valence-corrected chi connectivity index (χ2v) is 11.7. The molecule has 0 aliphatic carbocycles. The number of phenols is 1. The standard InChI is InChI=1S/C27H29F2N3O3S/c1-19-16-27(18-30(2)36(34,35)32(27)22-7-5-6-21(28)15-22)12-13-31(19)17-20-10-11-26(33)24(14-20)23-8-3-4-9-25(23)29/h3-11,14-15,19,33H,12-13,16-18H2,1-2H3. The highest BCUT2D eigenvalue weighted by Crippen LogP contribution is 2.44. The Morgan fingerprint density at radius 1 is 1.03 bits per heavy atom. The monoisotopic (exact) mass is 513 g/mol. The molecule has 0 bridgehead atoms. The number of likely N-dealkylation sites (N-methyl/N-ethyl adjacent to an activating group) is 1. The number of anilines is 1. The fourth-order valence-corrected chi connectivity index (χ4v) is 7.46. The minimum absolute atomic E-state index is 0.0134. The van der Waals surface area contributed by atoms with E-state index in [-0.39, 0.29) is 11.8 Å². The normalized spacial score (nSPS) is 24.4. The summed E-state index contributed by atoms with van der Waals surface area (Å²) in [5.41, 5.74) is 1.37. The van der Waals surface area contributed by atoms with E-state index in [1.807, 2.05) is 6.07 Å². The van der Waals surface area contributed by atoms with Gasteiger partial charge >= 0.3 is 10.2 Å². The molecule has 2 aliphatic rings. The minimum atomic E-state index is -3.77. The molecular formula is C27H29F2N3O3S. The third-order valence-corrected chi connectivity index (χ3v) is 9.37. The van der Waals surface area contributed by atoms with Crippen molar-refractivity contribution in [3.63, 3.8) is 0 Å². The first-order valence-electron chi connectivity index (χ1n) is 11.9. The third kappa shape index (κ3) is 4.25. The summed E-state index contributed by atoms with van der Waals surface area (Å²) in [4.78, 5) is 2.26. The van der Waals surface area contributed by atoms with Gasteiger partial charge in [-0.3, -0.25) is 9.21 Å². The molecule has 1 N–H and O–H groups in total. The largest absolute Gasteiger partial charge is 0.507 e. The fourth-order valence-electron chi connectivity index (χ4n) is 5.68. The van der Waals surface area contributed by atoms with E-state index in [9.17, 15) is 22.3 Å². The van der Waals surface area contributed by atoms with Gasteiger partial charge in [-0.05, 0) is 61.7 Å². The Hall–Kier alpha value is -3.01. The summed E-state index contributed by atoms with van der Waals surface area (Å²) in [5, 5.41) is 10.4. The lowest BCUT2D eigenvalue weighted by atomic mass is 9.82. The highest BCUT2D eigenvalue weighted by atomic mass is 32.2. The SMILES string of the molecule is CC1CC2(CCN1Cc1ccc(O)c(-c3ccccc3F)c1)CN(C)S(=O)(=O)N2c1cccc(F)c1. The average molecular weight is 514 g/mol. The number of halogens is 2. The van der Waals surface area contributed by atoms with Gasteiger partial charge in [0.1, 0.15) is 17.4 Å². The van der Waals surface area contributed by atoms with Crippen LogP contribution >= 0.6 is 0 Å². The van der Waals surface area contributed by atoms with E-state index >= 15 is 0 Å². The van der Waals surface area contributed by atoms with Gasteiger partial charge in [-0.1, -0.05) is 30.3 Å².